The lowest BCUT2D eigenvalue weighted by Gasteiger charge is -2.30. The normalized spacial score (nSPS) is 16.2. The minimum Gasteiger partial charge on any atom is -0.369 e. The van der Waals surface area contributed by atoms with E-state index in [0.717, 1.165) is 24.0 Å². The molecule has 0 spiro atoms. The van der Waals surface area contributed by atoms with E-state index in [1.54, 1.807) is 6.07 Å². The first-order chi connectivity index (χ1) is 10.3. The molecule has 0 aliphatic heterocycles. The Morgan fingerprint density at radius 3 is 2.95 bits per heavy atom. The summed E-state index contributed by atoms with van der Waals surface area (Å²) in [6, 6.07) is 16.2. The van der Waals surface area contributed by atoms with Crippen LogP contribution in [0.25, 0.3) is 11.0 Å². The monoisotopic (exact) mass is 274 g/mol. The quantitative estimate of drug-likeness (QED) is 0.781. The molecule has 0 bridgehead atoms. The molecular weight excluding hydrogens is 260 g/mol. The van der Waals surface area contributed by atoms with E-state index < -0.39 is 0 Å². The number of nitriles is 1. The van der Waals surface area contributed by atoms with Gasteiger partial charge in [0.2, 0.25) is 5.95 Å². The third-order valence-electron chi connectivity index (χ3n) is 4.27. The van der Waals surface area contributed by atoms with Crippen molar-refractivity contribution in [2.45, 2.75) is 18.9 Å². The van der Waals surface area contributed by atoms with Crippen LogP contribution in [0.2, 0.25) is 0 Å². The fraction of sp³-hybridized carbons (Fsp3) is 0.176. The van der Waals surface area contributed by atoms with Crippen molar-refractivity contribution in [3.8, 4) is 6.07 Å². The molecule has 0 fully saturated rings. The lowest BCUT2D eigenvalue weighted by Crippen LogP contribution is -2.22. The van der Waals surface area contributed by atoms with E-state index in [0.29, 0.717) is 17.4 Å². The van der Waals surface area contributed by atoms with Crippen LogP contribution in [0, 0.1) is 11.3 Å². The van der Waals surface area contributed by atoms with Crippen LogP contribution >= 0.6 is 0 Å². The number of benzene rings is 2. The van der Waals surface area contributed by atoms with Gasteiger partial charge in [-0.2, -0.15) is 5.26 Å². The standard InChI is InChI=1S/C17H14N4/c18-9-11-5-6-15-16(7-11)21(17(19)20-15)10-13-8-12-3-1-2-4-14(12)13/h1-7,13H,8,10H2,(H2,19,20). The molecule has 4 rings (SSSR count). The summed E-state index contributed by atoms with van der Waals surface area (Å²) in [4.78, 5) is 4.39. The Bertz CT molecular complexity index is 885. The van der Waals surface area contributed by atoms with Gasteiger partial charge < -0.3 is 10.3 Å². The molecule has 1 heterocycles. The summed E-state index contributed by atoms with van der Waals surface area (Å²) in [6.45, 7) is 0.814. The van der Waals surface area contributed by atoms with E-state index in [1.165, 1.54) is 11.1 Å². The van der Waals surface area contributed by atoms with Crippen LogP contribution in [0.1, 0.15) is 22.6 Å². The van der Waals surface area contributed by atoms with E-state index >= 15 is 0 Å². The van der Waals surface area contributed by atoms with Crippen molar-refractivity contribution in [2.75, 3.05) is 5.73 Å². The van der Waals surface area contributed by atoms with Crippen molar-refractivity contribution in [3.63, 3.8) is 0 Å². The van der Waals surface area contributed by atoms with Gasteiger partial charge in [0, 0.05) is 12.5 Å². The van der Waals surface area contributed by atoms with Gasteiger partial charge in [-0.3, -0.25) is 0 Å². The average molecular weight is 274 g/mol. The van der Waals surface area contributed by atoms with Crippen molar-refractivity contribution in [3.05, 3.63) is 59.2 Å². The van der Waals surface area contributed by atoms with Crippen molar-refractivity contribution in [1.29, 1.82) is 5.26 Å². The molecule has 1 aliphatic carbocycles. The summed E-state index contributed by atoms with van der Waals surface area (Å²) < 4.78 is 2.02. The number of hydrogen-bond donors (Lipinski definition) is 1. The highest BCUT2D eigenvalue weighted by Crippen LogP contribution is 2.37. The summed E-state index contributed by atoms with van der Waals surface area (Å²) in [5.74, 6) is 0.996. The topological polar surface area (TPSA) is 67.6 Å². The van der Waals surface area contributed by atoms with Gasteiger partial charge in [0.05, 0.1) is 22.7 Å². The summed E-state index contributed by atoms with van der Waals surface area (Å²) >= 11 is 0. The molecular formula is C17H14N4. The Morgan fingerprint density at radius 2 is 2.14 bits per heavy atom. The van der Waals surface area contributed by atoms with Crippen molar-refractivity contribution in [2.24, 2.45) is 0 Å². The molecule has 2 N–H and O–H groups in total. The van der Waals surface area contributed by atoms with Gasteiger partial charge in [-0.25, -0.2) is 4.98 Å². The third-order valence-corrected chi connectivity index (χ3v) is 4.27. The summed E-state index contributed by atoms with van der Waals surface area (Å²) in [5, 5.41) is 9.05. The Kier molecular flexibility index (Phi) is 2.48. The maximum absolute atomic E-state index is 9.05. The predicted molar refractivity (Wildman–Crippen MR) is 81.7 cm³/mol. The molecule has 1 aliphatic rings. The number of aromatic nitrogens is 2. The second-order valence-corrected chi connectivity index (χ2v) is 5.50. The van der Waals surface area contributed by atoms with Crippen molar-refractivity contribution >= 4 is 17.0 Å². The minimum absolute atomic E-state index is 0.478. The minimum atomic E-state index is 0.478. The number of imidazole rings is 1. The van der Waals surface area contributed by atoms with E-state index in [9.17, 15) is 0 Å². The van der Waals surface area contributed by atoms with Gasteiger partial charge in [0.1, 0.15) is 0 Å². The van der Waals surface area contributed by atoms with Crippen molar-refractivity contribution in [1.82, 2.24) is 9.55 Å². The fourth-order valence-electron chi connectivity index (χ4n) is 3.15. The molecule has 0 saturated heterocycles. The number of nitrogens with zero attached hydrogens (tertiary/aromatic N) is 3. The van der Waals surface area contributed by atoms with Crippen LogP contribution in [0.4, 0.5) is 5.95 Å². The molecule has 1 atom stereocenters. The van der Waals surface area contributed by atoms with E-state index in [1.807, 2.05) is 16.7 Å². The summed E-state index contributed by atoms with van der Waals surface area (Å²) in [6.07, 6.45) is 1.08. The van der Waals surface area contributed by atoms with Crippen molar-refractivity contribution < 1.29 is 0 Å². The molecule has 3 aromatic rings. The number of nitrogen functional groups attached to an aromatic ring is 1. The maximum Gasteiger partial charge on any atom is 0.201 e. The van der Waals surface area contributed by atoms with Gasteiger partial charge in [-0.15, -0.1) is 0 Å². The number of hydrogen-bond acceptors (Lipinski definition) is 3. The number of rotatable bonds is 2. The van der Waals surface area contributed by atoms with Gasteiger partial charge in [-0.05, 0) is 35.7 Å². The summed E-state index contributed by atoms with van der Waals surface area (Å²) in [7, 11) is 0. The average Bonchev–Trinajstić information content (AvgIpc) is 2.79. The highest BCUT2D eigenvalue weighted by atomic mass is 15.2. The van der Waals surface area contributed by atoms with E-state index in [-0.39, 0.29) is 0 Å². The SMILES string of the molecule is N#Cc1ccc2nc(N)n(CC3Cc4ccccc43)c2c1. The Hall–Kier alpha value is -2.80. The largest absolute Gasteiger partial charge is 0.369 e. The van der Waals surface area contributed by atoms with E-state index in [4.69, 9.17) is 11.0 Å². The Balaban J connectivity index is 1.74. The van der Waals surface area contributed by atoms with Crippen LogP contribution in [-0.4, -0.2) is 9.55 Å². The first-order valence-electron chi connectivity index (χ1n) is 7.00. The Morgan fingerprint density at radius 1 is 1.29 bits per heavy atom. The third kappa shape index (κ3) is 1.78. The number of nitrogens with two attached hydrogens (primary N) is 1. The maximum atomic E-state index is 9.05. The predicted octanol–water partition coefficient (Wildman–Crippen LogP) is 2.83. The lowest BCUT2D eigenvalue weighted by atomic mass is 9.77. The molecule has 0 radical (unpaired) electrons. The second kappa shape index (κ2) is 4.35. The molecule has 1 aromatic heterocycles. The Labute approximate surface area is 122 Å². The first kappa shape index (κ1) is 12.0. The molecule has 21 heavy (non-hydrogen) atoms. The zero-order valence-electron chi connectivity index (χ0n) is 11.5. The fourth-order valence-corrected chi connectivity index (χ4v) is 3.15. The molecule has 2 aromatic carbocycles. The van der Waals surface area contributed by atoms with Crippen LogP contribution in [0.15, 0.2) is 42.5 Å². The van der Waals surface area contributed by atoms with Gasteiger partial charge in [0.25, 0.3) is 0 Å². The number of fused-ring (bicyclic) bond motifs is 2. The molecule has 0 saturated carbocycles. The molecule has 102 valence electrons. The molecule has 1 unspecified atom stereocenters. The molecule has 4 nitrogen and oxygen atoms in total. The smallest absolute Gasteiger partial charge is 0.201 e. The van der Waals surface area contributed by atoms with E-state index in [2.05, 4.69) is 35.3 Å². The zero-order chi connectivity index (χ0) is 14.4. The van der Waals surface area contributed by atoms with Gasteiger partial charge in [0.15, 0.2) is 0 Å². The van der Waals surface area contributed by atoms with Crippen LogP contribution < -0.4 is 5.73 Å². The molecule has 4 heteroatoms. The molecule has 0 amide bonds. The van der Waals surface area contributed by atoms with Crippen LogP contribution in [-0.2, 0) is 13.0 Å². The highest BCUT2D eigenvalue weighted by Gasteiger charge is 2.26. The lowest BCUT2D eigenvalue weighted by molar-refractivity contribution is 0.521. The second-order valence-electron chi connectivity index (χ2n) is 5.50. The highest BCUT2D eigenvalue weighted by molar-refractivity contribution is 5.79. The summed E-state index contributed by atoms with van der Waals surface area (Å²) in [5.41, 5.74) is 11.3. The van der Waals surface area contributed by atoms with Gasteiger partial charge in [-0.1, -0.05) is 24.3 Å². The van der Waals surface area contributed by atoms with Crippen LogP contribution in [0.5, 0.6) is 0 Å². The first-order valence-corrected chi connectivity index (χ1v) is 7.00. The number of anilines is 1. The van der Waals surface area contributed by atoms with Gasteiger partial charge >= 0.3 is 0 Å². The zero-order valence-corrected chi connectivity index (χ0v) is 11.5. The van der Waals surface area contributed by atoms with Crippen LogP contribution in [0.3, 0.4) is 0 Å².